The van der Waals surface area contributed by atoms with Crippen molar-refractivity contribution in [1.29, 1.82) is 0 Å². The molecule has 9 nitrogen and oxygen atoms in total. The molecule has 1 amide bonds. The van der Waals surface area contributed by atoms with E-state index in [1.165, 1.54) is 36.4 Å². The Morgan fingerprint density at radius 2 is 1.39 bits per heavy atom. The van der Waals surface area contributed by atoms with Crippen molar-refractivity contribution in [2.75, 3.05) is 6.54 Å². The Morgan fingerprint density at radius 1 is 0.833 bits per heavy atom. The molecule has 0 radical (unpaired) electrons. The van der Waals surface area contributed by atoms with Gasteiger partial charge in [0.05, 0.1) is 16.0 Å². The maximum absolute atomic E-state index is 12.7. The molecule has 0 bridgehead atoms. The van der Waals surface area contributed by atoms with E-state index in [0.717, 1.165) is 11.1 Å². The van der Waals surface area contributed by atoms with Crippen LogP contribution in [0.15, 0.2) is 77.7 Å². The average molecular weight is 531 g/mol. The fourth-order valence-electron chi connectivity index (χ4n) is 3.43. The van der Waals surface area contributed by atoms with Crippen molar-refractivity contribution in [1.82, 2.24) is 10.0 Å². The molecule has 0 aliphatic heterocycles. The summed E-state index contributed by atoms with van der Waals surface area (Å²) in [5.74, 6) is -3.23. The van der Waals surface area contributed by atoms with Crippen LogP contribution in [0.4, 0.5) is 0 Å². The molecule has 3 rings (SSSR count). The molecule has 36 heavy (non-hydrogen) atoms. The van der Waals surface area contributed by atoms with Gasteiger partial charge in [0, 0.05) is 11.6 Å². The number of halogens is 1. The summed E-state index contributed by atoms with van der Waals surface area (Å²) in [6.45, 7) is 0.0219. The van der Waals surface area contributed by atoms with Gasteiger partial charge in [0.25, 0.3) is 5.91 Å². The van der Waals surface area contributed by atoms with Gasteiger partial charge in [-0.1, -0.05) is 48.0 Å². The van der Waals surface area contributed by atoms with E-state index in [1.807, 2.05) is 0 Å². The van der Waals surface area contributed by atoms with Gasteiger partial charge in [0.2, 0.25) is 10.0 Å². The third-order valence-electron chi connectivity index (χ3n) is 5.29. The number of rotatable bonds is 11. The Kier molecular flexibility index (Phi) is 8.81. The second kappa shape index (κ2) is 11.8. The molecule has 0 aromatic heterocycles. The minimum atomic E-state index is -4.13. The minimum absolute atomic E-state index is 0.0219. The smallest absolute Gasteiger partial charge is 0.336 e. The average Bonchev–Trinajstić information content (AvgIpc) is 2.86. The molecular formula is C25H23ClN2O7S. The van der Waals surface area contributed by atoms with Crippen molar-refractivity contribution in [3.8, 4) is 11.1 Å². The number of carbonyl (C=O) groups is 3. The molecule has 4 N–H and O–H groups in total. The largest absolute Gasteiger partial charge is 0.480 e. The van der Waals surface area contributed by atoms with E-state index in [0.29, 0.717) is 5.02 Å². The van der Waals surface area contributed by atoms with Crippen molar-refractivity contribution >= 4 is 39.5 Å². The Bertz CT molecular complexity index is 1360. The van der Waals surface area contributed by atoms with Crippen LogP contribution in [0, 0.1) is 0 Å². The zero-order valence-electron chi connectivity index (χ0n) is 18.8. The predicted octanol–water partition coefficient (Wildman–Crippen LogP) is 3.65. The van der Waals surface area contributed by atoms with E-state index < -0.39 is 33.9 Å². The lowest BCUT2D eigenvalue weighted by atomic mass is 10.1. The van der Waals surface area contributed by atoms with Crippen LogP contribution in [-0.2, 0) is 14.8 Å². The normalized spacial score (nSPS) is 12.0. The highest BCUT2D eigenvalue weighted by Gasteiger charge is 2.25. The molecule has 0 heterocycles. The number of sulfonamides is 1. The topological polar surface area (TPSA) is 150 Å². The molecule has 1 unspecified atom stereocenters. The highest BCUT2D eigenvalue weighted by atomic mass is 35.5. The van der Waals surface area contributed by atoms with E-state index in [-0.39, 0.29) is 35.4 Å². The number of carboxylic acids is 2. The van der Waals surface area contributed by atoms with Gasteiger partial charge in [-0.05, 0) is 60.4 Å². The number of carboxylic acid groups (broad SMARTS) is 2. The molecule has 3 aromatic carbocycles. The van der Waals surface area contributed by atoms with Crippen LogP contribution in [0.1, 0.15) is 33.6 Å². The van der Waals surface area contributed by atoms with Gasteiger partial charge in [0.1, 0.15) is 6.04 Å². The summed E-state index contributed by atoms with van der Waals surface area (Å²) in [5, 5.41) is 21.8. The molecule has 0 saturated heterocycles. The van der Waals surface area contributed by atoms with Crippen LogP contribution in [-0.4, -0.2) is 49.1 Å². The second-order valence-corrected chi connectivity index (χ2v) is 9.94. The van der Waals surface area contributed by atoms with Crippen molar-refractivity contribution < 1.29 is 33.0 Å². The Labute approximate surface area is 212 Å². The first-order chi connectivity index (χ1) is 17.1. The number of carbonyl (C=O) groups excluding carboxylic acids is 1. The summed E-state index contributed by atoms with van der Waals surface area (Å²) >= 11 is 5.89. The maximum atomic E-state index is 12.7. The maximum Gasteiger partial charge on any atom is 0.336 e. The number of aromatic carboxylic acids is 1. The van der Waals surface area contributed by atoms with E-state index in [2.05, 4.69) is 10.0 Å². The van der Waals surface area contributed by atoms with Crippen LogP contribution < -0.4 is 10.0 Å². The van der Waals surface area contributed by atoms with Crippen molar-refractivity contribution in [2.24, 2.45) is 0 Å². The fraction of sp³-hybridized carbons (Fsp3) is 0.160. The van der Waals surface area contributed by atoms with E-state index >= 15 is 0 Å². The lowest BCUT2D eigenvalue weighted by Crippen LogP contribution is -2.41. The van der Waals surface area contributed by atoms with Crippen molar-refractivity contribution in [2.45, 2.75) is 23.8 Å². The Morgan fingerprint density at radius 3 is 1.94 bits per heavy atom. The molecular weight excluding hydrogens is 508 g/mol. The SMILES string of the molecule is O=C(O)c1ccccc1C(=O)NCCCC(NS(=O)(=O)c1ccc(-c2ccc(Cl)cc2)cc1)C(=O)O. The number of aliphatic carboxylic acids is 1. The summed E-state index contributed by atoms with van der Waals surface area (Å²) < 4.78 is 27.7. The highest BCUT2D eigenvalue weighted by Crippen LogP contribution is 2.23. The van der Waals surface area contributed by atoms with Gasteiger partial charge in [0.15, 0.2) is 0 Å². The van der Waals surface area contributed by atoms with Gasteiger partial charge >= 0.3 is 11.9 Å². The summed E-state index contributed by atoms with van der Waals surface area (Å²) in [5.41, 5.74) is 1.42. The lowest BCUT2D eigenvalue weighted by molar-refractivity contribution is -0.139. The molecule has 0 aliphatic carbocycles. The molecule has 3 aromatic rings. The standard InChI is InChI=1S/C25H23ClN2O7S/c26-18-11-7-16(8-12-18)17-9-13-19(14-10-17)36(34,35)28-22(25(32)33)6-3-15-27-23(29)20-4-1-2-5-21(20)24(30)31/h1-2,4-5,7-14,22,28H,3,6,15H2,(H,27,29)(H,30,31)(H,32,33). The molecule has 0 fully saturated rings. The van der Waals surface area contributed by atoms with Crippen LogP contribution in [0.25, 0.3) is 11.1 Å². The van der Waals surface area contributed by atoms with E-state index in [1.54, 1.807) is 36.4 Å². The first kappa shape index (κ1) is 26.9. The number of benzene rings is 3. The van der Waals surface area contributed by atoms with Gasteiger partial charge in [-0.25, -0.2) is 13.2 Å². The second-order valence-electron chi connectivity index (χ2n) is 7.79. The van der Waals surface area contributed by atoms with Crippen LogP contribution in [0.5, 0.6) is 0 Å². The fourth-order valence-corrected chi connectivity index (χ4v) is 4.78. The van der Waals surface area contributed by atoms with Gasteiger partial charge in [-0.15, -0.1) is 0 Å². The third-order valence-corrected chi connectivity index (χ3v) is 7.03. The molecule has 11 heteroatoms. The molecule has 0 spiro atoms. The van der Waals surface area contributed by atoms with Crippen molar-refractivity contribution in [3.05, 3.63) is 88.9 Å². The number of amides is 1. The quantitative estimate of drug-likeness (QED) is 0.276. The summed E-state index contributed by atoms with van der Waals surface area (Å²) in [6.07, 6.45) is 0.0360. The lowest BCUT2D eigenvalue weighted by Gasteiger charge is -2.15. The summed E-state index contributed by atoms with van der Waals surface area (Å²) in [7, 11) is -4.13. The van der Waals surface area contributed by atoms with Gasteiger partial charge < -0.3 is 15.5 Å². The molecule has 0 saturated carbocycles. The van der Waals surface area contributed by atoms with Crippen molar-refractivity contribution in [3.63, 3.8) is 0 Å². The zero-order chi connectivity index (χ0) is 26.3. The number of hydrogen-bond donors (Lipinski definition) is 4. The predicted molar refractivity (Wildman–Crippen MR) is 134 cm³/mol. The molecule has 0 aliphatic rings. The molecule has 188 valence electrons. The summed E-state index contributed by atoms with van der Waals surface area (Å²) in [4.78, 5) is 35.1. The van der Waals surface area contributed by atoms with Gasteiger partial charge in [-0.3, -0.25) is 9.59 Å². The van der Waals surface area contributed by atoms with Crippen LogP contribution in [0.3, 0.4) is 0 Å². The number of hydrogen-bond acceptors (Lipinski definition) is 5. The Balaban J connectivity index is 1.59. The zero-order valence-corrected chi connectivity index (χ0v) is 20.4. The van der Waals surface area contributed by atoms with E-state index in [4.69, 9.17) is 11.6 Å². The van der Waals surface area contributed by atoms with Gasteiger partial charge in [-0.2, -0.15) is 4.72 Å². The number of nitrogens with one attached hydrogen (secondary N) is 2. The monoisotopic (exact) mass is 530 g/mol. The van der Waals surface area contributed by atoms with Crippen LogP contribution in [0.2, 0.25) is 5.02 Å². The third kappa shape index (κ3) is 6.91. The first-order valence-corrected chi connectivity index (χ1v) is 12.7. The van der Waals surface area contributed by atoms with Crippen LogP contribution >= 0.6 is 11.6 Å². The molecule has 1 atom stereocenters. The van der Waals surface area contributed by atoms with E-state index in [9.17, 15) is 33.0 Å². The first-order valence-electron chi connectivity index (χ1n) is 10.8. The minimum Gasteiger partial charge on any atom is -0.480 e. The Hall–Kier alpha value is -3.73. The summed E-state index contributed by atoms with van der Waals surface area (Å²) in [6, 6.07) is 17.3. The highest BCUT2D eigenvalue weighted by molar-refractivity contribution is 7.89.